The Kier molecular flexibility index (Phi) is 2.50. The standard InChI is InChI=1S/C11H15N2/c1-12-7-9-6-10-4-2-3-5-11(10)13-8-9/h2-5,9,13H,6-8H2,1H3/q-1. The molecule has 70 valence electrons. The lowest BCUT2D eigenvalue weighted by atomic mass is 9.94. The van der Waals surface area contributed by atoms with Gasteiger partial charge in [0.1, 0.15) is 0 Å². The van der Waals surface area contributed by atoms with E-state index in [0.717, 1.165) is 13.1 Å². The van der Waals surface area contributed by atoms with Gasteiger partial charge in [-0.1, -0.05) is 18.2 Å². The maximum Gasteiger partial charge on any atom is 0.0372 e. The van der Waals surface area contributed by atoms with Crippen LogP contribution >= 0.6 is 0 Å². The molecule has 2 heteroatoms. The van der Waals surface area contributed by atoms with Crippen molar-refractivity contribution in [1.82, 2.24) is 0 Å². The Balaban J connectivity index is 2.11. The summed E-state index contributed by atoms with van der Waals surface area (Å²) in [5, 5.41) is 7.63. The highest BCUT2D eigenvalue weighted by molar-refractivity contribution is 5.53. The van der Waals surface area contributed by atoms with Crippen LogP contribution in [0.1, 0.15) is 5.56 Å². The maximum absolute atomic E-state index is 4.19. The first-order valence-electron chi connectivity index (χ1n) is 4.77. The zero-order chi connectivity index (χ0) is 9.10. The first-order valence-corrected chi connectivity index (χ1v) is 4.77. The summed E-state index contributed by atoms with van der Waals surface area (Å²) in [4.78, 5) is 0. The maximum atomic E-state index is 4.19. The predicted octanol–water partition coefficient (Wildman–Crippen LogP) is 2.27. The van der Waals surface area contributed by atoms with E-state index >= 15 is 0 Å². The van der Waals surface area contributed by atoms with E-state index < -0.39 is 0 Å². The molecule has 2 nitrogen and oxygen atoms in total. The van der Waals surface area contributed by atoms with Crippen molar-refractivity contribution < 1.29 is 0 Å². The number of nitrogens with one attached hydrogen (secondary N) is 1. The van der Waals surface area contributed by atoms with Gasteiger partial charge < -0.3 is 10.6 Å². The molecule has 0 radical (unpaired) electrons. The lowest BCUT2D eigenvalue weighted by Crippen LogP contribution is -2.25. The minimum Gasteiger partial charge on any atom is -0.665 e. The molecule has 0 fully saturated rings. The molecule has 1 aliphatic rings. The zero-order valence-electron chi connectivity index (χ0n) is 7.96. The molecule has 1 atom stereocenters. The summed E-state index contributed by atoms with van der Waals surface area (Å²) in [5.74, 6) is 0.680. The number of fused-ring (bicyclic) bond motifs is 1. The van der Waals surface area contributed by atoms with Gasteiger partial charge in [-0.05, 0) is 24.0 Å². The molecule has 1 heterocycles. The van der Waals surface area contributed by atoms with Gasteiger partial charge in [0.2, 0.25) is 0 Å². The van der Waals surface area contributed by atoms with Crippen LogP contribution in [0.5, 0.6) is 0 Å². The Morgan fingerprint density at radius 2 is 2.31 bits per heavy atom. The molecule has 0 aromatic heterocycles. The van der Waals surface area contributed by atoms with E-state index in [-0.39, 0.29) is 0 Å². The second-order valence-electron chi connectivity index (χ2n) is 3.61. The molecule has 13 heavy (non-hydrogen) atoms. The Hall–Kier alpha value is -1.02. The van der Waals surface area contributed by atoms with E-state index in [1.54, 1.807) is 0 Å². The molecule has 1 N–H and O–H groups in total. The lowest BCUT2D eigenvalue weighted by molar-refractivity contribution is 0.572. The number of hydrogen-bond donors (Lipinski definition) is 1. The smallest absolute Gasteiger partial charge is 0.0372 e. The lowest BCUT2D eigenvalue weighted by Gasteiger charge is -2.29. The van der Waals surface area contributed by atoms with Crippen molar-refractivity contribution in [1.29, 1.82) is 0 Å². The van der Waals surface area contributed by atoms with Crippen LogP contribution in [-0.2, 0) is 6.42 Å². The first kappa shape index (κ1) is 8.57. The number of hydrogen-bond acceptors (Lipinski definition) is 1. The van der Waals surface area contributed by atoms with Gasteiger partial charge in [0.25, 0.3) is 0 Å². The highest BCUT2D eigenvalue weighted by Crippen LogP contribution is 2.24. The summed E-state index contributed by atoms with van der Waals surface area (Å²) in [6.07, 6.45) is 1.17. The third-order valence-corrected chi connectivity index (χ3v) is 2.55. The average Bonchev–Trinajstić information content (AvgIpc) is 2.18. The van der Waals surface area contributed by atoms with E-state index in [1.165, 1.54) is 17.7 Å². The highest BCUT2D eigenvalue weighted by Gasteiger charge is 2.13. The van der Waals surface area contributed by atoms with Crippen molar-refractivity contribution in [3.05, 3.63) is 35.1 Å². The molecule has 0 spiro atoms. The second-order valence-corrected chi connectivity index (χ2v) is 3.61. The Bertz CT molecular complexity index is 283. The molecule has 1 aromatic carbocycles. The fraction of sp³-hybridized carbons (Fsp3) is 0.455. The quantitative estimate of drug-likeness (QED) is 0.733. The fourth-order valence-electron chi connectivity index (χ4n) is 1.90. The van der Waals surface area contributed by atoms with Crippen LogP contribution in [-0.4, -0.2) is 20.1 Å². The number of rotatable bonds is 2. The molecule has 0 saturated heterocycles. The van der Waals surface area contributed by atoms with Crippen LogP contribution in [0, 0.1) is 5.92 Å². The van der Waals surface area contributed by atoms with Crippen molar-refractivity contribution in [3.63, 3.8) is 0 Å². The van der Waals surface area contributed by atoms with E-state index in [4.69, 9.17) is 0 Å². The van der Waals surface area contributed by atoms with Gasteiger partial charge in [0.15, 0.2) is 0 Å². The van der Waals surface area contributed by atoms with Gasteiger partial charge in [0, 0.05) is 12.2 Å². The number of nitrogens with zero attached hydrogens (tertiary/aromatic N) is 1. The summed E-state index contributed by atoms with van der Waals surface area (Å²) >= 11 is 0. The molecule has 0 aliphatic carbocycles. The van der Waals surface area contributed by atoms with Crippen LogP contribution in [0.25, 0.3) is 5.32 Å². The highest BCUT2D eigenvalue weighted by atomic mass is 14.9. The average molecular weight is 175 g/mol. The molecule has 1 aromatic rings. The van der Waals surface area contributed by atoms with Crippen molar-refractivity contribution in [2.45, 2.75) is 6.42 Å². The number of benzene rings is 1. The van der Waals surface area contributed by atoms with Crippen molar-refractivity contribution in [3.8, 4) is 0 Å². The van der Waals surface area contributed by atoms with E-state index in [0.29, 0.717) is 5.92 Å². The summed E-state index contributed by atoms with van der Waals surface area (Å²) in [5.41, 5.74) is 2.73. The minimum absolute atomic E-state index is 0.680. The Labute approximate surface area is 79.4 Å². The van der Waals surface area contributed by atoms with Gasteiger partial charge in [-0.15, -0.1) is 6.54 Å². The number of anilines is 1. The Morgan fingerprint density at radius 3 is 3.15 bits per heavy atom. The van der Waals surface area contributed by atoms with Crippen LogP contribution < -0.4 is 5.32 Å². The van der Waals surface area contributed by atoms with Gasteiger partial charge in [-0.2, -0.15) is 7.05 Å². The van der Waals surface area contributed by atoms with Gasteiger partial charge >= 0.3 is 0 Å². The van der Waals surface area contributed by atoms with Crippen LogP contribution in [0.3, 0.4) is 0 Å². The third kappa shape index (κ3) is 1.83. The van der Waals surface area contributed by atoms with Crippen molar-refractivity contribution in [2.75, 3.05) is 25.5 Å². The first-order chi connectivity index (χ1) is 6.40. The minimum atomic E-state index is 0.680. The van der Waals surface area contributed by atoms with Gasteiger partial charge in [-0.25, -0.2) is 0 Å². The summed E-state index contributed by atoms with van der Waals surface area (Å²) < 4.78 is 0. The second kappa shape index (κ2) is 3.79. The molecule has 2 rings (SSSR count). The normalized spacial score (nSPS) is 20.5. The molecular formula is C11H15N2-. The Morgan fingerprint density at radius 1 is 1.46 bits per heavy atom. The SMILES string of the molecule is C[N-]CC1CNc2ccccc2C1. The van der Waals surface area contributed by atoms with E-state index in [1.807, 2.05) is 7.05 Å². The topological polar surface area (TPSA) is 26.1 Å². The zero-order valence-corrected chi connectivity index (χ0v) is 7.96. The molecule has 1 unspecified atom stereocenters. The summed E-state index contributed by atoms with van der Waals surface area (Å²) in [6.45, 7) is 2.04. The van der Waals surface area contributed by atoms with Crippen LogP contribution in [0.15, 0.2) is 24.3 Å². The van der Waals surface area contributed by atoms with Crippen LogP contribution in [0.4, 0.5) is 5.69 Å². The van der Waals surface area contributed by atoms with E-state index in [9.17, 15) is 0 Å². The molecule has 0 saturated carbocycles. The number of para-hydroxylation sites is 1. The van der Waals surface area contributed by atoms with Gasteiger partial charge in [0.05, 0.1) is 0 Å². The monoisotopic (exact) mass is 175 g/mol. The molecule has 1 aliphatic heterocycles. The molecule has 0 bridgehead atoms. The third-order valence-electron chi connectivity index (χ3n) is 2.55. The largest absolute Gasteiger partial charge is 0.665 e. The summed E-state index contributed by atoms with van der Waals surface area (Å²) in [6, 6.07) is 8.53. The fourth-order valence-corrected chi connectivity index (χ4v) is 1.90. The van der Waals surface area contributed by atoms with E-state index in [2.05, 4.69) is 34.9 Å². The van der Waals surface area contributed by atoms with Crippen molar-refractivity contribution in [2.24, 2.45) is 5.92 Å². The van der Waals surface area contributed by atoms with Crippen molar-refractivity contribution >= 4 is 5.69 Å². The predicted molar refractivity (Wildman–Crippen MR) is 56.3 cm³/mol. The van der Waals surface area contributed by atoms with Gasteiger partial charge in [-0.3, -0.25) is 0 Å². The molecular weight excluding hydrogens is 160 g/mol. The molecule has 0 amide bonds. The summed E-state index contributed by atoms with van der Waals surface area (Å²) in [7, 11) is 1.89. The van der Waals surface area contributed by atoms with Crippen LogP contribution in [0.2, 0.25) is 0 Å².